The summed E-state index contributed by atoms with van der Waals surface area (Å²) >= 11 is 7.72. The van der Waals surface area contributed by atoms with Crippen LogP contribution in [0.25, 0.3) is 0 Å². The average Bonchev–Trinajstić information content (AvgIpc) is 2.75. The van der Waals surface area contributed by atoms with E-state index in [9.17, 15) is 0 Å². The maximum absolute atomic E-state index is 6.03. The first-order chi connectivity index (χ1) is 8.70. The number of rotatable bonds is 5. The molecule has 0 bridgehead atoms. The fourth-order valence-electron chi connectivity index (χ4n) is 1.66. The van der Waals surface area contributed by atoms with Crippen molar-refractivity contribution in [2.75, 3.05) is 11.9 Å². The number of aryl methyl sites for hydroxylation is 1. The third kappa shape index (κ3) is 3.17. The lowest BCUT2D eigenvalue weighted by Crippen LogP contribution is -2.09. The molecular formula is C12H15ClN4S. The van der Waals surface area contributed by atoms with Crippen LogP contribution in [0.5, 0.6) is 0 Å². The number of hydrogen-bond acceptors (Lipinski definition) is 5. The van der Waals surface area contributed by atoms with Gasteiger partial charge in [0.05, 0.1) is 5.01 Å². The Bertz CT molecular complexity index is 527. The van der Waals surface area contributed by atoms with Gasteiger partial charge in [-0.05, 0) is 13.3 Å². The molecular weight excluding hydrogens is 268 g/mol. The highest BCUT2D eigenvalue weighted by Gasteiger charge is 2.07. The number of nitrogens with one attached hydrogen (secondary N) is 1. The lowest BCUT2D eigenvalue weighted by atomic mass is 10.2. The maximum atomic E-state index is 6.03. The van der Waals surface area contributed by atoms with E-state index in [1.165, 1.54) is 6.33 Å². The molecule has 0 saturated heterocycles. The van der Waals surface area contributed by atoms with Crippen LogP contribution in [0.3, 0.4) is 0 Å². The van der Waals surface area contributed by atoms with Crippen molar-refractivity contribution < 1.29 is 0 Å². The summed E-state index contributed by atoms with van der Waals surface area (Å²) in [5.74, 6) is 0.825. The molecule has 6 heteroatoms. The highest BCUT2D eigenvalue weighted by molar-refractivity contribution is 7.09. The van der Waals surface area contributed by atoms with Crippen molar-refractivity contribution >= 4 is 28.8 Å². The van der Waals surface area contributed by atoms with Gasteiger partial charge in [0.2, 0.25) is 0 Å². The van der Waals surface area contributed by atoms with Crippen LogP contribution < -0.4 is 5.32 Å². The molecule has 4 nitrogen and oxygen atoms in total. The first kappa shape index (κ1) is 13.2. The molecule has 0 amide bonds. The number of hydrogen-bond donors (Lipinski definition) is 1. The van der Waals surface area contributed by atoms with E-state index in [1.54, 1.807) is 11.3 Å². The van der Waals surface area contributed by atoms with Gasteiger partial charge >= 0.3 is 0 Å². The molecule has 96 valence electrons. The summed E-state index contributed by atoms with van der Waals surface area (Å²) in [6.45, 7) is 4.85. The second-order valence-electron chi connectivity index (χ2n) is 3.90. The van der Waals surface area contributed by atoms with Gasteiger partial charge in [0.15, 0.2) is 0 Å². The van der Waals surface area contributed by atoms with E-state index in [0.29, 0.717) is 5.15 Å². The Morgan fingerprint density at radius 3 is 2.89 bits per heavy atom. The predicted octanol–water partition coefficient (Wildman–Crippen LogP) is 3.11. The fraction of sp³-hybridized carbons (Fsp3) is 0.417. The van der Waals surface area contributed by atoms with Crippen molar-refractivity contribution in [1.82, 2.24) is 15.0 Å². The van der Waals surface area contributed by atoms with Crippen molar-refractivity contribution in [3.05, 3.63) is 33.1 Å². The standard InChI is InChI=1S/C12H15ClN4S/c1-3-9-11(13)15-7-16-12(9)14-5-4-10-17-8(2)6-18-10/h6-7H,3-5H2,1-2H3,(H,14,15,16). The topological polar surface area (TPSA) is 50.7 Å². The quantitative estimate of drug-likeness (QED) is 0.856. The minimum absolute atomic E-state index is 0.528. The first-order valence-electron chi connectivity index (χ1n) is 5.85. The van der Waals surface area contributed by atoms with Crippen LogP contribution in [0.15, 0.2) is 11.7 Å². The number of halogens is 1. The van der Waals surface area contributed by atoms with E-state index in [-0.39, 0.29) is 0 Å². The molecule has 0 fully saturated rings. The van der Waals surface area contributed by atoms with Gasteiger partial charge in [-0.2, -0.15) is 0 Å². The summed E-state index contributed by atoms with van der Waals surface area (Å²) in [5, 5.41) is 7.02. The van der Waals surface area contributed by atoms with Gasteiger partial charge in [-0.15, -0.1) is 11.3 Å². The summed E-state index contributed by atoms with van der Waals surface area (Å²) in [4.78, 5) is 12.6. The molecule has 0 saturated carbocycles. The smallest absolute Gasteiger partial charge is 0.137 e. The Hall–Kier alpha value is -1.20. The molecule has 0 aliphatic rings. The molecule has 0 aromatic carbocycles. The van der Waals surface area contributed by atoms with Crippen molar-refractivity contribution in [1.29, 1.82) is 0 Å². The van der Waals surface area contributed by atoms with Crippen LogP contribution in [0.1, 0.15) is 23.2 Å². The molecule has 2 rings (SSSR count). The Morgan fingerprint density at radius 2 is 2.22 bits per heavy atom. The normalized spacial score (nSPS) is 10.6. The summed E-state index contributed by atoms with van der Waals surface area (Å²) in [6, 6.07) is 0. The molecule has 0 aliphatic carbocycles. The minimum Gasteiger partial charge on any atom is -0.369 e. The second kappa shape index (κ2) is 6.11. The van der Waals surface area contributed by atoms with E-state index < -0.39 is 0 Å². The zero-order chi connectivity index (χ0) is 13.0. The van der Waals surface area contributed by atoms with E-state index in [0.717, 1.165) is 41.5 Å². The van der Waals surface area contributed by atoms with Crippen LogP contribution in [0.2, 0.25) is 5.15 Å². The first-order valence-corrected chi connectivity index (χ1v) is 7.10. The van der Waals surface area contributed by atoms with Gasteiger partial charge in [0.1, 0.15) is 17.3 Å². The van der Waals surface area contributed by atoms with Crippen LogP contribution in [0, 0.1) is 6.92 Å². The third-order valence-corrected chi connectivity index (χ3v) is 3.90. The van der Waals surface area contributed by atoms with Crippen molar-refractivity contribution in [2.24, 2.45) is 0 Å². The van der Waals surface area contributed by atoms with Crippen LogP contribution >= 0.6 is 22.9 Å². The highest BCUT2D eigenvalue weighted by atomic mass is 35.5. The molecule has 0 unspecified atom stereocenters. The monoisotopic (exact) mass is 282 g/mol. The molecule has 0 atom stereocenters. The second-order valence-corrected chi connectivity index (χ2v) is 5.21. The lowest BCUT2D eigenvalue weighted by molar-refractivity contribution is 0.957. The number of anilines is 1. The summed E-state index contributed by atoms with van der Waals surface area (Å²) in [6.07, 6.45) is 3.19. The summed E-state index contributed by atoms with van der Waals surface area (Å²) in [7, 11) is 0. The highest BCUT2D eigenvalue weighted by Crippen LogP contribution is 2.20. The average molecular weight is 283 g/mol. The van der Waals surface area contributed by atoms with E-state index in [1.807, 2.05) is 13.8 Å². The largest absolute Gasteiger partial charge is 0.369 e. The van der Waals surface area contributed by atoms with Gasteiger partial charge in [-0.1, -0.05) is 18.5 Å². The Morgan fingerprint density at radius 1 is 1.39 bits per heavy atom. The number of aromatic nitrogens is 3. The molecule has 0 radical (unpaired) electrons. The van der Waals surface area contributed by atoms with Crippen LogP contribution in [-0.2, 0) is 12.8 Å². The fourth-order valence-corrected chi connectivity index (χ4v) is 2.70. The van der Waals surface area contributed by atoms with Gasteiger partial charge in [0.25, 0.3) is 0 Å². The Balaban J connectivity index is 1.96. The van der Waals surface area contributed by atoms with Crippen LogP contribution in [0.4, 0.5) is 5.82 Å². The maximum Gasteiger partial charge on any atom is 0.137 e. The minimum atomic E-state index is 0.528. The molecule has 1 N–H and O–H groups in total. The zero-order valence-electron chi connectivity index (χ0n) is 10.4. The van der Waals surface area contributed by atoms with Gasteiger partial charge in [-0.3, -0.25) is 0 Å². The van der Waals surface area contributed by atoms with E-state index >= 15 is 0 Å². The van der Waals surface area contributed by atoms with E-state index in [4.69, 9.17) is 11.6 Å². The van der Waals surface area contributed by atoms with Crippen LogP contribution in [-0.4, -0.2) is 21.5 Å². The lowest BCUT2D eigenvalue weighted by Gasteiger charge is -2.09. The summed E-state index contributed by atoms with van der Waals surface area (Å²) < 4.78 is 0. The third-order valence-electron chi connectivity index (χ3n) is 2.54. The molecule has 2 heterocycles. The number of thiazole rings is 1. The van der Waals surface area contributed by atoms with Crippen molar-refractivity contribution in [2.45, 2.75) is 26.7 Å². The van der Waals surface area contributed by atoms with Gasteiger partial charge < -0.3 is 5.32 Å². The van der Waals surface area contributed by atoms with Gasteiger partial charge in [-0.25, -0.2) is 15.0 Å². The number of nitrogens with zero attached hydrogens (tertiary/aromatic N) is 3. The zero-order valence-corrected chi connectivity index (χ0v) is 12.0. The molecule has 0 spiro atoms. The van der Waals surface area contributed by atoms with Crippen molar-refractivity contribution in [3.63, 3.8) is 0 Å². The SMILES string of the molecule is CCc1c(Cl)ncnc1NCCc1nc(C)cs1. The molecule has 18 heavy (non-hydrogen) atoms. The van der Waals surface area contributed by atoms with E-state index in [2.05, 4.69) is 25.6 Å². The predicted molar refractivity (Wildman–Crippen MR) is 75.5 cm³/mol. The Labute approximate surface area is 115 Å². The summed E-state index contributed by atoms with van der Waals surface area (Å²) in [5.41, 5.74) is 2.05. The molecule has 2 aromatic heterocycles. The molecule has 2 aromatic rings. The van der Waals surface area contributed by atoms with Crippen molar-refractivity contribution in [3.8, 4) is 0 Å². The van der Waals surface area contributed by atoms with Gasteiger partial charge in [0, 0.05) is 29.6 Å². The Kier molecular flexibility index (Phi) is 4.49. The molecule has 0 aliphatic heterocycles.